The van der Waals surface area contributed by atoms with Crippen LogP contribution in [0, 0.1) is 17.8 Å². The Morgan fingerprint density at radius 1 is 0.806 bits per heavy atom. The minimum atomic E-state index is -0.765. The number of rotatable bonds is 18. The molecule has 0 aliphatic heterocycles. The third-order valence-corrected chi connectivity index (χ3v) is 6.83. The molecule has 0 heterocycles. The van der Waals surface area contributed by atoms with Gasteiger partial charge in [0, 0.05) is 0 Å². The van der Waals surface area contributed by atoms with Gasteiger partial charge in [0.2, 0.25) is 0 Å². The molecule has 182 valence electrons. The summed E-state index contributed by atoms with van der Waals surface area (Å²) in [5.41, 5.74) is 0. The Labute approximate surface area is 191 Å². The van der Waals surface area contributed by atoms with E-state index in [1.54, 1.807) is 0 Å². The monoisotopic (exact) mass is 438 g/mol. The van der Waals surface area contributed by atoms with E-state index in [4.69, 9.17) is 4.74 Å². The largest absolute Gasteiger partial charge is 0.481 e. The number of carboxylic acids is 1. The van der Waals surface area contributed by atoms with Gasteiger partial charge in [-0.1, -0.05) is 91.4 Å². The average Bonchev–Trinajstić information content (AvgIpc) is 2.74. The van der Waals surface area contributed by atoms with Crippen molar-refractivity contribution in [2.45, 2.75) is 142 Å². The molecule has 1 saturated carbocycles. The summed E-state index contributed by atoms with van der Waals surface area (Å²) in [5, 5.41) is 9.31. The molecule has 0 aromatic carbocycles. The normalized spacial score (nSPS) is 20.0. The zero-order chi connectivity index (χ0) is 22.9. The van der Waals surface area contributed by atoms with E-state index >= 15 is 0 Å². The molecule has 0 amide bonds. The van der Waals surface area contributed by atoms with Crippen LogP contribution in [0.15, 0.2) is 0 Å². The van der Waals surface area contributed by atoms with E-state index in [1.165, 1.54) is 64.2 Å². The fraction of sp³-hybridized carbons (Fsp3) is 0.926. The lowest BCUT2D eigenvalue weighted by atomic mass is 9.81. The maximum Gasteiger partial charge on any atom is 0.309 e. The number of esters is 1. The SMILES string of the molecule is CCCCCCCCC(CCCCCCCC(C)C)OC(=O)C1CCCC(C(=O)O)C1. The molecule has 3 unspecified atom stereocenters. The lowest BCUT2D eigenvalue weighted by molar-refractivity contribution is -0.158. The van der Waals surface area contributed by atoms with Gasteiger partial charge in [-0.15, -0.1) is 0 Å². The van der Waals surface area contributed by atoms with E-state index in [9.17, 15) is 14.7 Å². The molecule has 1 aliphatic carbocycles. The van der Waals surface area contributed by atoms with E-state index in [0.717, 1.165) is 44.4 Å². The van der Waals surface area contributed by atoms with Crippen molar-refractivity contribution >= 4 is 11.9 Å². The zero-order valence-corrected chi connectivity index (χ0v) is 20.7. The van der Waals surface area contributed by atoms with Crippen molar-refractivity contribution in [2.75, 3.05) is 0 Å². The van der Waals surface area contributed by atoms with Gasteiger partial charge in [-0.2, -0.15) is 0 Å². The first-order chi connectivity index (χ1) is 14.9. The van der Waals surface area contributed by atoms with Gasteiger partial charge < -0.3 is 9.84 Å². The minimum absolute atomic E-state index is 0.0135. The molecule has 0 bridgehead atoms. The average molecular weight is 439 g/mol. The standard InChI is InChI=1S/C27H50O4/c1-4-5-6-7-10-13-19-25(20-14-11-8-9-12-16-22(2)3)31-27(30)24-18-15-17-23(21-24)26(28)29/h22-25H,4-21H2,1-3H3,(H,28,29). The van der Waals surface area contributed by atoms with Crippen LogP contribution < -0.4 is 0 Å². The number of unbranched alkanes of at least 4 members (excludes halogenated alkanes) is 9. The Hall–Kier alpha value is -1.06. The molecule has 1 rings (SSSR count). The number of carboxylic acid groups (broad SMARTS) is 1. The summed E-state index contributed by atoms with van der Waals surface area (Å²) in [6.45, 7) is 6.80. The Bertz CT molecular complexity index is 474. The molecule has 1 N–H and O–H groups in total. The fourth-order valence-corrected chi connectivity index (χ4v) is 4.76. The predicted molar refractivity (Wildman–Crippen MR) is 128 cm³/mol. The Morgan fingerprint density at radius 2 is 1.32 bits per heavy atom. The van der Waals surface area contributed by atoms with Crippen molar-refractivity contribution in [3.63, 3.8) is 0 Å². The van der Waals surface area contributed by atoms with Gasteiger partial charge >= 0.3 is 11.9 Å². The third-order valence-electron chi connectivity index (χ3n) is 6.83. The lowest BCUT2D eigenvalue weighted by Crippen LogP contribution is -2.31. The molecule has 0 aromatic rings. The Kier molecular flexibility index (Phi) is 15.8. The van der Waals surface area contributed by atoms with Gasteiger partial charge in [0.15, 0.2) is 0 Å². The smallest absolute Gasteiger partial charge is 0.309 e. The molecule has 1 aliphatic rings. The van der Waals surface area contributed by atoms with Crippen molar-refractivity contribution in [1.82, 2.24) is 0 Å². The molecule has 31 heavy (non-hydrogen) atoms. The molecule has 4 nitrogen and oxygen atoms in total. The Balaban J connectivity index is 2.39. The molecular weight excluding hydrogens is 388 g/mol. The van der Waals surface area contributed by atoms with Gasteiger partial charge in [0.05, 0.1) is 11.8 Å². The molecular formula is C27H50O4. The van der Waals surface area contributed by atoms with Gasteiger partial charge in [0.1, 0.15) is 6.10 Å². The van der Waals surface area contributed by atoms with Crippen molar-refractivity contribution in [1.29, 1.82) is 0 Å². The second-order valence-electron chi connectivity index (χ2n) is 10.3. The van der Waals surface area contributed by atoms with Crippen molar-refractivity contribution in [2.24, 2.45) is 17.8 Å². The summed E-state index contributed by atoms with van der Waals surface area (Å²) >= 11 is 0. The van der Waals surface area contributed by atoms with Crippen LogP contribution in [-0.4, -0.2) is 23.1 Å². The first-order valence-corrected chi connectivity index (χ1v) is 13.4. The molecule has 1 fully saturated rings. The van der Waals surface area contributed by atoms with Gasteiger partial charge in [0.25, 0.3) is 0 Å². The van der Waals surface area contributed by atoms with Crippen LogP contribution in [-0.2, 0) is 14.3 Å². The summed E-state index contributed by atoms with van der Waals surface area (Å²) in [4.78, 5) is 24.1. The van der Waals surface area contributed by atoms with E-state index in [1.807, 2.05) is 0 Å². The van der Waals surface area contributed by atoms with Gasteiger partial charge in [-0.25, -0.2) is 0 Å². The van der Waals surface area contributed by atoms with Crippen LogP contribution >= 0.6 is 0 Å². The minimum Gasteiger partial charge on any atom is -0.481 e. The summed E-state index contributed by atoms with van der Waals surface area (Å²) < 4.78 is 5.97. The number of ether oxygens (including phenoxy) is 1. The second-order valence-corrected chi connectivity index (χ2v) is 10.3. The van der Waals surface area contributed by atoms with Crippen LogP contribution in [0.4, 0.5) is 0 Å². The van der Waals surface area contributed by atoms with Gasteiger partial charge in [-0.3, -0.25) is 9.59 Å². The number of hydrogen-bond acceptors (Lipinski definition) is 3. The van der Waals surface area contributed by atoms with Crippen LogP contribution in [0.1, 0.15) is 136 Å². The van der Waals surface area contributed by atoms with E-state index in [0.29, 0.717) is 12.8 Å². The first-order valence-electron chi connectivity index (χ1n) is 13.4. The summed E-state index contributed by atoms with van der Waals surface area (Å²) in [7, 11) is 0. The lowest BCUT2D eigenvalue weighted by Gasteiger charge is -2.27. The summed E-state index contributed by atoms with van der Waals surface area (Å²) in [5.74, 6) is -0.716. The van der Waals surface area contributed by atoms with Gasteiger partial charge in [-0.05, 0) is 50.9 Å². The van der Waals surface area contributed by atoms with Crippen molar-refractivity contribution in [3.05, 3.63) is 0 Å². The number of hydrogen-bond donors (Lipinski definition) is 1. The topological polar surface area (TPSA) is 63.6 Å². The highest BCUT2D eigenvalue weighted by Gasteiger charge is 2.32. The number of aliphatic carboxylic acids is 1. The van der Waals surface area contributed by atoms with E-state index in [-0.39, 0.29) is 23.9 Å². The molecule has 0 spiro atoms. The third kappa shape index (κ3) is 13.9. The maximum atomic E-state index is 12.8. The molecule has 0 radical (unpaired) electrons. The number of carbonyl (C=O) groups excluding carboxylic acids is 1. The first kappa shape index (κ1) is 28.0. The van der Waals surface area contributed by atoms with Crippen molar-refractivity contribution in [3.8, 4) is 0 Å². The molecule has 3 atom stereocenters. The summed E-state index contributed by atoms with van der Waals surface area (Å²) in [6.07, 6.45) is 19.7. The van der Waals surface area contributed by atoms with E-state index in [2.05, 4.69) is 20.8 Å². The highest BCUT2D eigenvalue weighted by molar-refractivity contribution is 5.75. The number of carbonyl (C=O) groups is 2. The second kappa shape index (κ2) is 17.5. The Morgan fingerprint density at radius 3 is 1.87 bits per heavy atom. The maximum absolute atomic E-state index is 12.8. The molecule has 4 heteroatoms. The van der Waals surface area contributed by atoms with Crippen LogP contribution in [0.25, 0.3) is 0 Å². The highest BCUT2D eigenvalue weighted by Crippen LogP contribution is 2.31. The van der Waals surface area contributed by atoms with Crippen LogP contribution in [0.2, 0.25) is 0 Å². The zero-order valence-electron chi connectivity index (χ0n) is 20.7. The van der Waals surface area contributed by atoms with Crippen molar-refractivity contribution < 1.29 is 19.4 Å². The fourth-order valence-electron chi connectivity index (χ4n) is 4.76. The van der Waals surface area contributed by atoms with Crippen LogP contribution in [0.3, 0.4) is 0 Å². The predicted octanol–water partition coefficient (Wildman–Crippen LogP) is 7.93. The summed E-state index contributed by atoms with van der Waals surface area (Å²) in [6, 6.07) is 0. The highest BCUT2D eigenvalue weighted by atomic mass is 16.5. The van der Waals surface area contributed by atoms with E-state index < -0.39 is 5.97 Å². The quantitative estimate of drug-likeness (QED) is 0.174. The van der Waals surface area contributed by atoms with Crippen LogP contribution in [0.5, 0.6) is 0 Å². The molecule has 0 saturated heterocycles. The molecule has 0 aromatic heterocycles.